The largest absolute Gasteiger partial charge is 0.379 e. The van der Waals surface area contributed by atoms with Gasteiger partial charge < -0.3 is 15.0 Å². The molecule has 1 N–H and O–H groups in total. The average molecular weight is 298 g/mol. The zero-order valence-corrected chi connectivity index (χ0v) is 14.0. The highest BCUT2D eigenvalue weighted by atomic mass is 32.1. The molecule has 1 heterocycles. The van der Waals surface area contributed by atoms with Crippen LogP contribution in [0.2, 0.25) is 0 Å². The Morgan fingerprint density at radius 1 is 1.55 bits per heavy atom. The summed E-state index contributed by atoms with van der Waals surface area (Å²) in [5, 5.41) is 6.48. The summed E-state index contributed by atoms with van der Waals surface area (Å²) in [6.45, 7) is 9.34. The topological polar surface area (TPSA) is 49.8 Å². The zero-order valence-electron chi connectivity index (χ0n) is 13.1. The molecule has 0 unspecified atom stereocenters. The van der Waals surface area contributed by atoms with Gasteiger partial charge >= 0.3 is 0 Å². The maximum Gasteiger partial charge on any atom is 0.193 e. The van der Waals surface area contributed by atoms with Gasteiger partial charge in [-0.15, -0.1) is 11.3 Å². The second-order valence-corrected chi connectivity index (χ2v) is 6.22. The summed E-state index contributed by atoms with van der Waals surface area (Å²) in [5.41, 5.74) is 1.08. The van der Waals surface area contributed by atoms with E-state index >= 15 is 0 Å². The van der Waals surface area contributed by atoms with Crippen LogP contribution in [0.25, 0.3) is 0 Å². The van der Waals surface area contributed by atoms with Crippen LogP contribution in [-0.2, 0) is 11.3 Å². The predicted molar refractivity (Wildman–Crippen MR) is 85.3 cm³/mol. The first-order valence-corrected chi connectivity index (χ1v) is 7.81. The molecule has 0 spiro atoms. The second kappa shape index (κ2) is 8.92. The van der Waals surface area contributed by atoms with E-state index in [9.17, 15) is 0 Å². The first-order valence-electron chi connectivity index (χ1n) is 6.93. The van der Waals surface area contributed by atoms with Crippen LogP contribution in [0, 0.1) is 12.8 Å². The van der Waals surface area contributed by atoms with E-state index in [4.69, 9.17) is 4.74 Å². The molecule has 1 rings (SSSR count). The molecule has 5 nitrogen and oxygen atoms in total. The molecule has 20 heavy (non-hydrogen) atoms. The van der Waals surface area contributed by atoms with Gasteiger partial charge in [-0.3, -0.25) is 4.99 Å². The number of aromatic nitrogens is 1. The first kappa shape index (κ1) is 16.9. The van der Waals surface area contributed by atoms with Gasteiger partial charge in [-0.25, -0.2) is 4.98 Å². The molecule has 1 aromatic rings. The van der Waals surface area contributed by atoms with Gasteiger partial charge in [-0.1, -0.05) is 13.8 Å². The Hall–Kier alpha value is -1.14. The van der Waals surface area contributed by atoms with Crippen LogP contribution in [0.1, 0.15) is 24.5 Å². The SMILES string of the molecule is CN=C(NCCOCC(C)C)N(C)Cc1csc(C)n1. The van der Waals surface area contributed by atoms with E-state index in [-0.39, 0.29) is 0 Å². The lowest BCUT2D eigenvalue weighted by Crippen LogP contribution is -2.40. The quantitative estimate of drug-likeness (QED) is 0.476. The van der Waals surface area contributed by atoms with E-state index in [2.05, 4.69) is 39.4 Å². The number of ether oxygens (including phenoxy) is 1. The summed E-state index contributed by atoms with van der Waals surface area (Å²) >= 11 is 1.67. The van der Waals surface area contributed by atoms with Crippen LogP contribution < -0.4 is 5.32 Å². The number of nitrogens with zero attached hydrogens (tertiary/aromatic N) is 3. The molecule has 0 aliphatic carbocycles. The summed E-state index contributed by atoms with van der Waals surface area (Å²) in [6, 6.07) is 0. The van der Waals surface area contributed by atoms with Crippen LogP contribution in [0.3, 0.4) is 0 Å². The van der Waals surface area contributed by atoms with E-state index < -0.39 is 0 Å². The molecule has 0 radical (unpaired) electrons. The molecule has 114 valence electrons. The average Bonchev–Trinajstić information content (AvgIpc) is 2.78. The van der Waals surface area contributed by atoms with Crippen molar-refractivity contribution in [2.45, 2.75) is 27.3 Å². The maximum absolute atomic E-state index is 5.54. The Labute approximate surface area is 126 Å². The minimum Gasteiger partial charge on any atom is -0.379 e. The molecule has 0 bridgehead atoms. The molecule has 0 saturated heterocycles. The molecule has 0 aliphatic heterocycles. The highest BCUT2D eigenvalue weighted by Gasteiger charge is 2.08. The second-order valence-electron chi connectivity index (χ2n) is 5.16. The van der Waals surface area contributed by atoms with E-state index in [1.807, 2.05) is 14.0 Å². The number of guanidine groups is 1. The number of nitrogens with one attached hydrogen (secondary N) is 1. The summed E-state index contributed by atoms with van der Waals surface area (Å²) in [7, 11) is 3.80. The molecular formula is C14H26N4OS. The molecule has 0 atom stereocenters. The lowest BCUT2D eigenvalue weighted by Gasteiger charge is -2.21. The van der Waals surface area contributed by atoms with E-state index in [1.54, 1.807) is 18.4 Å². The number of thiazole rings is 1. The molecule has 0 saturated carbocycles. The lowest BCUT2D eigenvalue weighted by molar-refractivity contribution is 0.114. The number of aliphatic imine (C=N–C) groups is 1. The smallest absolute Gasteiger partial charge is 0.193 e. The predicted octanol–water partition coefficient (Wildman–Crippen LogP) is 2.13. The van der Waals surface area contributed by atoms with Crippen molar-refractivity contribution in [2.24, 2.45) is 10.9 Å². The first-order chi connectivity index (χ1) is 9.52. The number of aryl methyl sites for hydroxylation is 1. The van der Waals surface area contributed by atoms with Gasteiger partial charge in [0.15, 0.2) is 5.96 Å². The molecule has 1 aromatic heterocycles. The fourth-order valence-corrected chi connectivity index (χ4v) is 2.34. The van der Waals surface area contributed by atoms with Gasteiger partial charge in [0, 0.05) is 32.6 Å². The van der Waals surface area contributed by atoms with E-state index in [0.717, 1.165) is 36.4 Å². The molecule has 0 fully saturated rings. The third-order valence-corrected chi connectivity index (χ3v) is 3.44. The molecule has 0 aromatic carbocycles. The lowest BCUT2D eigenvalue weighted by atomic mass is 10.2. The van der Waals surface area contributed by atoms with Crippen LogP contribution in [0.5, 0.6) is 0 Å². The summed E-state index contributed by atoms with van der Waals surface area (Å²) in [5.74, 6) is 1.44. The van der Waals surface area contributed by atoms with Gasteiger partial charge in [-0.2, -0.15) is 0 Å². The van der Waals surface area contributed by atoms with Crippen molar-refractivity contribution in [3.05, 3.63) is 16.1 Å². The number of hydrogen-bond acceptors (Lipinski definition) is 4. The maximum atomic E-state index is 5.54. The summed E-state index contributed by atoms with van der Waals surface area (Å²) < 4.78 is 5.54. The van der Waals surface area contributed by atoms with Crippen molar-refractivity contribution >= 4 is 17.3 Å². The van der Waals surface area contributed by atoms with E-state index in [1.165, 1.54) is 0 Å². The van der Waals surface area contributed by atoms with Gasteiger partial charge in [-0.05, 0) is 12.8 Å². The van der Waals surface area contributed by atoms with Gasteiger partial charge in [0.2, 0.25) is 0 Å². The summed E-state index contributed by atoms with van der Waals surface area (Å²) in [4.78, 5) is 10.8. The van der Waals surface area contributed by atoms with Crippen molar-refractivity contribution in [3.63, 3.8) is 0 Å². The van der Waals surface area contributed by atoms with Crippen LogP contribution >= 0.6 is 11.3 Å². The van der Waals surface area contributed by atoms with Gasteiger partial charge in [0.25, 0.3) is 0 Å². The Balaban J connectivity index is 2.31. The molecule has 0 aliphatic rings. The highest BCUT2D eigenvalue weighted by Crippen LogP contribution is 2.09. The Bertz CT molecular complexity index is 417. The molecular weight excluding hydrogens is 272 g/mol. The van der Waals surface area contributed by atoms with E-state index in [0.29, 0.717) is 12.5 Å². The van der Waals surface area contributed by atoms with Crippen molar-refractivity contribution in [3.8, 4) is 0 Å². The van der Waals surface area contributed by atoms with Gasteiger partial charge in [0.05, 0.1) is 23.9 Å². The Morgan fingerprint density at radius 2 is 2.30 bits per heavy atom. The van der Waals surface area contributed by atoms with Crippen LogP contribution in [0.15, 0.2) is 10.4 Å². The zero-order chi connectivity index (χ0) is 15.0. The minimum absolute atomic E-state index is 0.574. The Morgan fingerprint density at radius 3 is 2.85 bits per heavy atom. The number of hydrogen-bond donors (Lipinski definition) is 1. The third kappa shape index (κ3) is 6.34. The van der Waals surface area contributed by atoms with Crippen molar-refractivity contribution in [1.29, 1.82) is 0 Å². The number of rotatable bonds is 7. The monoisotopic (exact) mass is 298 g/mol. The van der Waals surface area contributed by atoms with Crippen molar-refractivity contribution in [1.82, 2.24) is 15.2 Å². The highest BCUT2D eigenvalue weighted by molar-refractivity contribution is 7.09. The standard InChI is InChI=1S/C14H26N4OS/c1-11(2)9-19-7-6-16-14(15-4)18(5)8-13-10-20-12(3)17-13/h10-11H,6-9H2,1-5H3,(H,15,16). The van der Waals surface area contributed by atoms with Crippen LogP contribution in [0.4, 0.5) is 0 Å². The summed E-state index contributed by atoms with van der Waals surface area (Å²) in [6.07, 6.45) is 0. The minimum atomic E-state index is 0.574. The van der Waals surface area contributed by atoms with Crippen molar-refractivity contribution < 1.29 is 4.74 Å². The molecule has 6 heteroatoms. The Kier molecular flexibility index (Phi) is 7.54. The van der Waals surface area contributed by atoms with Crippen molar-refractivity contribution in [2.75, 3.05) is 33.9 Å². The normalized spacial score (nSPS) is 12.0. The fourth-order valence-electron chi connectivity index (χ4n) is 1.74. The third-order valence-electron chi connectivity index (χ3n) is 2.62. The van der Waals surface area contributed by atoms with Gasteiger partial charge in [0.1, 0.15) is 0 Å². The van der Waals surface area contributed by atoms with Crippen LogP contribution in [-0.4, -0.2) is 49.7 Å². The fraction of sp³-hybridized carbons (Fsp3) is 0.714. The molecule has 0 amide bonds.